The first-order valence-corrected chi connectivity index (χ1v) is 12.6. The van der Waals surface area contributed by atoms with Gasteiger partial charge in [-0.3, -0.25) is 9.59 Å². The average Bonchev–Trinajstić information content (AvgIpc) is 2.76. The van der Waals surface area contributed by atoms with Crippen molar-refractivity contribution in [1.82, 2.24) is 5.32 Å². The molecule has 0 rings (SSSR count). The van der Waals surface area contributed by atoms with Crippen LogP contribution in [0.1, 0.15) is 110 Å². The molecule has 0 radical (unpaired) electrons. The molecule has 0 spiro atoms. The van der Waals surface area contributed by atoms with Crippen LogP contribution in [-0.4, -0.2) is 48.2 Å². The zero-order chi connectivity index (χ0) is 24.0. The van der Waals surface area contributed by atoms with Crippen molar-refractivity contribution in [1.29, 1.82) is 0 Å². The fraction of sp³-hybridized carbons (Fsp3) is 0.875. The minimum atomic E-state index is -1.34. The number of nitrogens with two attached hydrogens (primary N) is 2. The van der Waals surface area contributed by atoms with E-state index in [1.807, 2.05) is 0 Å². The van der Waals surface area contributed by atoms with Crippen LogP contribution in [0.3, 0.4) is 0 Å². The lowest BCUT2D eigenvalue weighted by Gasteiger charge is -2.17. The van der Waals surface area contributed by atoms with Crippen LogP contribution in [0.5, 0.6) is 0 Å². The van der Waals surface area contributed by atoms with E-state index in [9.17, 15) is 19.5 Å². The van der Waals surface area contributed by atoms with E-state index in [1.165, 1.54) is 57.8 Å². The molecule has 0 fully saturated rings. The first-order chi connectivity index (χ1) is 15.4. The topological polar surface area (TPSA) is 145 Å². The van der Waals surface area contributed by atoms with Gasteiger partial charge >= 0.3 is 11.9 Å². The van der Waals surface area contributed by atoms with Crippen molar-refractivity contribution < 1.29 is 24.2 Å². The second-order valence-corrected chi connectivity index (χ2v) is 8.60. The van der Waals surface area contributed by atoms with Gasteiger partial charge in [0.05, 0.1) is 19.1 Å². The van der Waals surface area contributed by atoms with Gasteiger partial charge in [-0.1, -0.05) is 84.0 Å². The van der Waals surface area contributed by atoms with Crippen molar-refractivity contribution in [3.05, 3.63) is 0 Å². The van der Waals surface area contributed by atoms with E-state index in [0.717, 1.165) is 25.7 Å². The Morgan fingerprint density at radius 3 is 1.88 bits per heavy atom. The maximum absolute atomic E-state index is 12.0. The Morgan fingerprint density at radius 2 is 1.38 bits per heavy atom. The molecule has 8 nitrogen and oxygen atoms in total. The van der Waals surface area contributed by atoms with Gasteiger partial charge in [0, 0.05) is 0 Å². The summed E-state index contributed by atoms with van der Waals surface area (Å²) in [5, 5.41) is 11.6. The third kappa shape index (κ3) is 18.0. The monoisotopic (exact) mass is 457 g/mol. The summed E-state index contributed by atoms with van der Waals surface area (Å²) in [4.78, 5) is 35.3. The Balaban J connectivity index is 3.82. The summed E-state index contributed by atoms with van der Waals surface area (Å²) in [5.41, 5.74) is 11.2. The van der Waals surface area contributed by atoms with E-state index in [2.05, 4.69) is 12.2 Å². The smallest absolute Gasteiger partial charge is 0.326 e. The first-order valence-electron chi connectivity index (χ1n) is 12.6. The van der Waals surface area contributed by atoms with E-state index in [-0.39, 0.29) is 6.61 Å². The average molecular weight is 458 g/mol. The number of carboxylic acids is 1. The fourth-order valence-corrected chi connectivity index (χ4v) is 3.47. The van der Waals surface area contributed by atoms with Crippen molar-refractivity contribution in [3.8, 4) is 0 Å². The normalized spacial score (nSPS) is 12.8. The molecule has 0 saturated carbocycles. The summed E-state index contributed by atoms with van der Waals surface area (Å²) < 4.78 is 5.14. The van der Waals surface area contributed by atoms with Crippen molar-refractivity contribution in [2.45, 2.75) is 122 Å². The molecule has 0 aliphatic heterocycles. The predicted octanol–water partition coefficient (Wildman–Crippen LogP) is 3.65. The lowest BCUT2D eigenvalue weighted by atomic mass is 10.1. The molecular weight excluding hydrogens is 410 g/mol. The Kier molecular flexibility index (Phi) is 20.1. The van der Waals surface area contributed by atoms with Crippen LogP contribution in [0.4, 0.5) is 0 Å². The number of carboxylic acid groups (broad SMARTS) is 1. The van der Waals surface area contributed by atoms with Crippen LogP contribution in [-0.2, 0) is 19.1 Å². The Labute approximate surface area is 194 Å². The molecule has 32 heavy (non-hydrogen) atoms. The van der Waals surface area contributed by atoms with Gasteiger partial charge in [0.1, 0.15) is 6.04 Å². The zero-order valence-corrected chi connectivity index (χ0v) is 20.1. The second-order valence-electron chi connectivity index (χ2n) is 8.60. The lowest BCUT2D eigenvalue weighted by molar-refractivity contribution is -0.150. The minimum Gasteiger partial charge on any atom is -0.480 e. The zero-order valence-electron chi connectivity index (χ0n) is 20.1. The Morgan fingerprint density at radius 1 is 0.844 bits per heavy atom. The quantitative estimate of drug-likeness (QED) is 0.143. The molecule has 0 saturated heterocycles. The van der Waals surface area contributed by atoms with Crippen LogP contribution < -0.4 is 16.8 Å². The van der Waals surface area contributed by atoms with Crippen LogP contribution in [0.25, 0.3) is 0 Å². The van der Waals surface area contributed by atoms with Crippen molar-refractivity contribution >= 4 is 17.8 Å². The standard InChI is InChI=1S/C24H47N3O5/c1-2-3-4-5-6-7-8-9-10-11-12-15-18-32-22(28)19-21(24(30)31)27-23(29)20(26)16-13-14-17-25/h20-21H,2-19,25-26H2,1H3,(H,27,29)(H,30,31). The number of aliphatic carboxylic acids is 1. The maximum Gasteiger partial charge on any atom is 0.326 e. The summed E-state index contributed by atoms with van der Waals surface area (Å²) in [5.74, 6) is -2.49. The summed E-state index contributed by atoms with van der Waals surface area (Å²) in [6, 6.07) is -2.15. The molecule has 8 heteroatoms. The predicted molar refractivity (Wildman–Crippen MR) is 127 cm³/mol. The molecule has 1 amide bonds. The van der Waals surface area contributed by atoms with E-state index in [1.54, 1.807) is 0 Å². The lowest BCUT2D eigenvalue weighted by Crippen LogP contribution is -2.49. The molecule has 0 aromatic carbocycles. The number of ether oxygens (including phenoxy) is 1. The number of carbonyl (C=O) groups excluding carboxylic acids is 2. The van der Waals surface area contributed by atoms with Gasteiger partial charge in [-0.2, -0.15) is 0 Å². The molecular formula is C24H47N3O5. The molecule has 0 aromatic rings. The van der Waals surface area contributed by atoms with Crippen LogP contribution >= 0.6 is 0 Å². The molecule has 0 aliphatic carbocycles. The third-order valence-corrected chi connectivity index (χ3v) is 5.55. The number of amides is 1. The highest BCUT2D eigenvalue weighted by Crippen LogP contribution is 2.12. The van der Waals surface area contributed by atoms with Crippen molar-refractivity contribution in [2.75, 3.05) is 13.2 Å². The number of carbonyl (C=O) groups is 3. The highest BCUT2D eigenvalue weighted by molar-refractivity contribution is 5.89. The number of nitrogens with one attached hydrogen (secondary N) is 1. The van der Waals surface area contributed by atoms with E-state index >= 15 is 0 Å². The van der Waals surface area contributed by atoms with Gasteiger partial charge in [0.25, 0.3) is 0 Å². The van der Waals surface area contributed by atoms with E-state index < -0.39 is 36.4 Å². The molecule has 6 N–H and O–H groups in total. The number of hydrogen-bond acceptors (Lipinski definition) is 6. The molecule has 0 bridgehead atoms. The number of rotatable bonds is 22. The van der Waals surface area contributed by atoms with Crippen LogP contribution in [0.15, 0.2) is 0 Å². The summed E-state index contributed by atoms with van der Waals surface area (Å²) in [6.45, 7) is 3.02. The van der Waals surface area contributed by atoms with E-state index in [4.69, 9.17) is 16.2 Å². The molecule has 0 heterocycles. The molecule has 0 aromatic heterocycles. The van der Waals surface area contributed by atoms with Gasteiger partial charge in [0.15, 0.2) is 0 Å². The summed E-state index contributed by atoms with van der Waals surface area (Å²) in [7, 11) is 0. The van der Waals surface area contributed by atoms with Crippen LogP contribution in [0, 0.1) is 0 Å². The Hall–Kier alpha value is -1.67. The number of unbranched alkanes of at least 4 members (excludes halogenated alkanes) is 12. The van der Waals surface area contributed by atoms with Gasteiger partial charge in [0.2, 0.25) is 5.91 Å². The largest absolute Gasteiger partial charge is 0.480 e. The van der Waals surface area contributed by atoms with E-state index in [0.29, 0.717) is 19.4 Å². The third-order valence-electron chi connectivity index (χ3n) is 5.55. The van der Waals surface area contributed by atoms with Crippen molar-refractivity contribution in [3.63, 3.8) is 0 Å². The number of esters is 1. The number of hydrogen-bond donors (Lipinski definition) is 4. The summed E-state index contributed by atoms with van der Waals surface area (Å²) in [6.07, 6.45) is 16.1. The highest BCUT2D eigenvalue weighted by Gasteiger charge is 2.26. The first kappa shape index (κ1) is 30.3. The molecule has 188 valence electrons. The van der Waals surface area contributed by atoms with Gasteiger partial charge in [-0.25, -0.2) is 4.79 Å². The second kappa shape index (κ2) is 21.2. The van der Waals surface area contributed by atoms with Gasteiger partial charge in [-0.05, 0) is 25.8 Å². The molecule has 2 atom stereocenters. The maximum atomic E-state index is 12.0. The fourth-order valence-electron chi connectivity index (χ4n) is 3.47. The highest BCUT2D eigenvalue weighted by atomic mass is 16.5. The molecule has 2 unspecified atom stereocenters. The minimum absolute atomic E-state index is 0.273. The molecule has 0 aliphatic rings. The van der Waals surface area contributed by atoms with Crippen LogP contribution in [0.2, 0.25) is 0 Å². The van der Waals surface area contributed by atoms with Gasteiger partial charge < -0.3 is 26.6 Å². The van der Waals surface area contributed by atoms with Crippen molar-refractivity contribution in [2.24, 2.45) is 11.5 Å². The SMILES string of the molecule is CCCCCCCCCCCCCCOC(=O)CC(NC(=O)C(N)CCCCN)C(=O)O. The Bertz CT molecular complexity index is 502. The summed E-state index contributed by atoms with van der Waals surface area (Å²) >= 11 is 0. The van der Waals surface area contributed by atoms with Gasteiger partial charge in [-0.15, -0.1) is 0 Å².